The molecule has 3 atom stereocenters. The van der Waals surface area contributed by atoms with Gasteiger partial charge in [-0.2, -0.15) is 0 Å². The zero-order valence-electron chi connectivity index (χ0n) is 19.1. The Labute approximate surface area is 192 Å². The van der Waals surface area contributed by atoms with Crippen molar-refractivity contribution < 1.29 is 14.0 Å². The summed E-state index contributed by atoms with van der Waals surface area (Å²) in [5, 5.41) is 3.27. The molecule has 2 heterocycles. The van der Waals surface area contributed by atoms with Crippen LogP contribution in [-0.2, 0) is 17.9 Å². The average molecular weight is 449 g/mol. The molecule has 6 nitrogen and oxygen atoms in total. The van der Waals surface area contributed by atoms with Crippen LogP contribution in [0.3, 0.4) is 0 Å². The molecule has 0 radical (unpaired) electrons. The van der Waals surface area contributed by atoms with E-state index in [0.29, 0.717) is 18.3 Å². The summed E-state index contributed by atoms with van der Waals surface area (Å²) < 4.78 is 15.3. The topological polar surface area (TPSA) is 67.2 Å². The molecule has 2 aromatic carbocycles. The molecule has 0 unspecified atom stereocenters. The first-order valence-electron chi connectivity index (χ1n) is 11.7. The van der Waals surface area contributed by atoms with Gasteiger partial charge < -0.3 is 14.8 Å². The van der Waals surface area contributed by atoms with Crippen LogP contribution in [0.1, 0.15) is 55.7 Å². The molecule has 2 amide bonds. The molecule has 2 aliphatic rings. The normalized spacial score (nSPS) is 25.2. The van der Waals surface area contributed by atoms with Gasteiger partial charge in [0.15, 0.2) is 5.82 Å². The third-order valence-corrected chi connectivity index (χ3v) is 7.32. The quantitative estimate of drug-likeness (QED) is 0.648. The number of nitrogens with one attached hydrogen (secondary N) is 1. The van der Waals surface area contributed by atoms with Gasteiger partial charge >= 0.3 is 0 Å². The van der Waals surface area contributed by atoms with Crippen molar-refractivity contribution in [1.29, 1.82) is 0 Å². The van der Waals surface area contributed by atoms with Crippen LogP contribution in [0.2, 0.25) is 0 Å². The number of hydrogen-bond donors (Lipinski definition) is 1. The smallest absolute Gasteiger partial charge is 0.291 e. The van der Waals surface area contributed by atoms with Gasteiger partial charge in [0.2, 0.25) is 5.91 Å². The minimum absolute atomic E-state index is 0.103. The van der Waals surface area contributed by atoms with Crippen LogP contribution in [-0.4, -0.2) is 37.8 Å². The van der Waals surface area contributed by atoms with Crippen LogP contribution in [0, 0.1) is 11.7 Å². The van der Waals surface area contributed by atoms with Crippen molar-refractivity contribution in [3.63, 3.8) is 0 Å². The van der Waals surface area contributed by atoms with Crippen molar-refractivity contribution in [2.75, 3.05) is 0 Å². The van der Waals surface area contributed by atoms with E-state index in [1.54, 1.807) is 17.0 Å². The Kier molecular flexibility index (Phi) is 5.43. The first-order valence-corrected chi connectivity index (χ1v) is 11.7. The fourth-order valence-electron chi connectivity index (χ4n) is 5.20. The molecule has 7 heteroatoms. The van der Waals surface area contributed by atoms with E-state index in [9.17, 15) is 14.0 Å². The molecule has 1 aliphatic carbocycles. The highest BCUT2D eigenvalue weighted by Crippen LogP contribution is 2.33. The number of nitrogens with zero attached hydrogens (tertiary/aromatic N) is 3. The minimum Gasteiger partial charge on any atom is -0.351 e. The van der Waals surface area contributed by atoms with Gasteiger partial charge in [0.25, 0.3) is 5.91 Å². The zero-order chi connectivity index (χ0) is 23.2. The van der Waals surface area contributed by atoms with Crippen molar-refractivity contribution in [1.82, 2.24) is 19.8 Å². The van der Waals surface area contributed by atoms with E-state index in [2.05, 4.69) is 17.2 Å². The van der Waals surface area contributed by atoms with E-state index < -0.39 is 5.54 Å². The highest BCUT2D eigenvalue weighted by molar-refractivity contribution is 6.01. The number of fused-ring (bicyclic) bond motifs is 3. The van der Waals surface area contributed by atoms with Crippen molar-refractivity contribution in [3.05, 3.63) is 65.7 Å². The van der Waals surface area contributed by atoms with Crippen molar-refractivity contribution in [3.8, 4) is 0 Å². The third kappa shape index (κ3) is 3.79. The number of aromatic nitrogens is 2. The lowest BCUT2D eigenvalue weighted by Gasteiger charge is -2.44. The van der Waals surface area contributed by atoms with Crippen molar-refractivity contribution in [2.45, 2.75) is 64.2 Å². The molecule has 3 aromatic rings. The first kappa shape index (κ1) is 21.6. The lowest BCUT2D eigenvalue weighted by atomic mass is 9.85. The van der Waals surface area contributed by atoms with Crippen molar-refractivity contribution >= 4 is 22.8 Å². The van der Waals surface area contributed by atoms with Gasteiger partial charge in [-0.05, 0) is 55.5 Å². The minimum atomic E-state index is -1.11. The largest absolute Gasteiger partial charge is 0.351 e. The summed E-state index contributed by atoms with van der Waals surface area (Å²) >= 11 is 0. The number of carbonyl (C=O) groups is 2. The lowest BCUT2D eigenvalue weighted by Crippen LogP contribution is -2.65. The van der Waals surface area contributed by atoms with Gasteiger partial charge in [0, 0.05) is 12.6 Å². The predicted octanol–water partition coefficient (Wildman–Crippen LogP) is 4.29. The number of benzene rings is 2. The molecular weight excluding hydrogens is 419 g/mol. The monoisotopic (exact) mass is 448 g/mol. The van der Waals surface area contributed by atoms with Gasteiger partial charge in [0.1, 0.15) is 11.4 Å². The standard InChI is InChI=1S/C26H29FN4O2/c1-17-7-3-4-8-20(17)29-25(33)26(2)16-30-22-10-6-5-9-21(22)28-23(30)24(32)31(26)15-18-11-13-19(27)14-12-18/h5-6,9-14,17,20H,3-4,7-8,15-16H2,1-2H3,(H,29,33)/t17-,20+,26-/m1/s1. The Balaban J connectivity index is 1.54. The van der Waals surface area contributed by atoms with E-state index in [1.165, 1.54) is 18.6 Å². The zero-order valence-corrected chi connectivity index (χ0v) is 19.1. The maximum Gasteiger partial charge on any atom is 0.291 e. The Morgan fingerprint density at radius 2 is 1.88 bits per heavy atom. The number of amides is 2. The molecule has 33 heavy (non-hydrogen) atoms. The van der Waals surface area contributed by atoms with Crippen LogP contribution in [0.4, 0.5) is 4.39 Å². The predicted molar refractivity (Wildman–Crippen MR) is 124 cm³/mol. The molecule has 172 valence electrons. The summed E-state index contributed by atoms with van der Waals surface area (Å²) in [6.45, 7) is 4.51. The van der Waals surface area contributed by atoms with E-state index >= 15 is 0 Å². The number of hydrogen-bond acceptors (Lipinski definition) is 3. The highest BCUT2D eigenvalue weighted by atomic mass is 19.1. The van der Waals surface area contributed by atoms with Crippen LogP contribution >= 0.6 is 0 Å². The van der Waals surface area contributed by atoms with Crippen molar-refractivity contribution in [2.24, 2.45) is 5.92 Å². The van der Waals surface area contributed by atoms with Gasteiger partial charge in [0.05, 0.1) is 17.6 Å². The first-order chi connectivity index (χ1) is 15.9. The molecule has 5 rings (SSSR count). The van der Waals surface area contributed by atoms with E-state index in [1.807, 2.05) is 35.8 Å². The fourth-order valence-corrected chi connectivity index (χ4v) is 5.20. The van der Waals surface area contributed by atoms with Gasteiger partial charge in [-0.25, -0.2) is 9.37 Å². The number of carbonyl (C=O) groups excluding carboxylic acids is 2. The summed E-state index contributed by atoms with van der Waals surface area (Å²) in [4.78, 5) is 33.7. The van der Waals surface area contributed by atoms with Gasteiger partial charge in [-0.15, -0.1) is 0 Å². The second-order valence-electron chi connectivity index (χ2n) is 9.64. The van der Waals surface area contributed by atoms with Gasteiger partial charge in [-0.3, -0.25) is 9.59 Å². The van der Waals surface area contributed by atoms with Crippen LogP contribution in [0.5, 0.6) is 0 Å². The molecular formula is C26H29FN4O2. The summed E-state index contributed by atoms with van der Waals surface area (Å²) in [5.74, 6) is -0.0519. The Hall–Kier alpha value is -3.22. The third-order valence-electron chi connectivity index (χ3n) is 7.32. The van der Waals surface area contributed by atoms with Crippen LogP contribution in [0.15, 0.2) is 48.5 Å². The maximum atomic E-state index is 13.8. The Morgan fingerprint density at radius 3 is 2.64 bits per heavy atom. The maximum absolute atomic E-state index is 13.8. The average Bonchev–Trinajstić information content (AvgIpc) is 3.18. The molecule has 0 spiro atoms. The lowest BCUT2D eigenvalue weighted by molar-refractivity contribution is -0.134. The van der Waals surface area contributed by atoms with Crippen LogP contribution < -0.4 is 5.32 Å². The van der Waals surface area contributed by atoms with E-state index in [4.69, 9.17) is 0 Å². The molecule has 1 aliphatic heterocycles. The summed E-state index contributed by atoms with van der Waals surface area (Å²) in [5.41, 5.74) is 1.22. The summed E-state index contributed by atoms with van der Waals surface area (Å²) in [6.07, 6.45) is 4.33. The molecule has 1 fully saturated rings. The second-order valence-corrected chi connectivity index (χ2v) is 9.64. The number of para-hydroxylation sites is 2. The van der Waals surface area contributed by atoms with E-state index in [-0.39, 0.29) is 30.2 Å². The molecule has 1 saturated carbocycles. The molecule has 1 aromatic heterocycles. The molecule has 0 saturated heterocycles. The van der Waals surface area contributed by atoms with Gasteiger partial charge in [-0.1, -0.05) is 44.0 Å². The fraction of sp³-hybridized carbons (Fsp3) is 0.423. The number of halogens is 1. The molecule has 0 bridgehead atoms. The van der Waals surface area contributed by atoms with E-state index in [0.717, 1.165) is 35.9 Å². The Bertz CT molecular complexity index is 1200. The summed E-state index contributed by atoms with van der Waals surface area (Å²) in [6, 6.07) is 13.8. The second kappa shape index (κ2) is 8.28. The number of rotatable bonds is 4. The molecule has 1 N–H and O–H groups in total. The SMILES string of the molecule is C[C@@H]1CCCC[C@@H]1NC(=O)[C@@]1(C)Cn2c(nc3ccccc32)C(=O)N1Cc1ccc(F)cc1. The Morgan fingerprint density at radius 1 is 1.15 bits per heavy atom. The number of imidazole rings is 1. The van der Waals surface area contributed by atoms with Crippen LogP contribution in [0.25, 0.3) is 11.0 Å². The summed E-state index contributed by atoms with van der Waals surface area (Å²) in [7, 11) is 0. The highest BCUT2D eigenvalue weighted by Gasteiger charge is 2.49.